The van der Waals surface area contributed by atoms with Crippen LogP contribution in [-0.4, -0.2) is 36.8 Å². The van der Waals surface area contributed by atoms with Crippen molar-refractivity contribution in [2.24, 2.45) is 5.92 Å². The molecule has 0 fully saturated rings. The molecule has 0 aliphatic rings. The zero-order chi connectivity index (χ0) is 19.7. The number of nitrogens with one attached hydrogen (secondary N) is 2. The molecule has 2 unspecified atom stereocenters. The molecule has 2 N–H and O–H groups in total. The van der Waals surface area contributed by atoms with Crippen LogP contribution in [0.1, 0.15) is 45.7 Å². The van der Waals surface area contributed by atoms with Crippen LogP contribution in [0, 0.1) is 12.8 Å². The van der Waals surface area contributed by atoms with E-state index in [4.69, 9.17) is 9.47 Å². The summed E-state index contributed by atoms with van der Waals surface area (Å²) in [6, 6.07) is 7.31. The first kappa shape index (κ1) is 22.0. The van der Waals surface area contributed by atoms with Crippen molar-refractivity contribution < 1.29 is 19.1 Å². The lowest BCUT2D eigenvalue weighted by molar-refractivity contribution is -0.125. The predicted octanol–water partition coefficient (Wildman–Crippen LogP) is 3.18. The number of rotatable bonds is 9. The topological polar surface area (TPSA) is 76.7 Å². The molecule has 146 valence electrons. The molecule has 1 rings (SSSR count). The highest BCUT2D eigenvalue weighted by molar-refractivity contribution is 5.86. The average Bonchev–Trinajstić information content (AvgIpc) is 2.53. The number of hydrogen-bond acceptors (Lipinski definition) is 4. The van der Waals surface area contributed by atoms with E-state index in [0.29, 0.717) is 13.2 Å². The molecule has 1 aromatic carbocycles. The van der Waals surface area contributed by atoms with Gasteiger partial charge >= 0.3 is 6.09 Å². The summed E-state index contributed by atoms with van der Waals surface area (Å²) in [6.07, 6.45) is -0.822. The van der Waals surface area contributed by atoms with Crippen molar-refractivity contribution in [1.82, 2.24) is 10.6 Å². The van der Waals surface area contributed by atoms with Crippen LogP contribution in [0.25, 0.3) is 0 Å². The van der Waals surface area contributed by atoms with Gasteiger partial charge in [0.1, 0.15) is 6.04 Å². The first-order valence-electron chi connectivity index (χ1n) is 9.09. The second-order valence-electron chi connectivity index (χ2n) is 7.23. The van der Waals surface area contributed by atoms with E-state index in [0.717, 1.165) is 5.56 Å². The Kier molecular flexibility index (Phi) is 9.13. The van der Waals surface area contributed by atoms with Gasteiger partial charge in [0.25, 0.3) is 0 Å². The zero-order valence-electron chi connectivity index (χ0n) is 16.7. The molecule has 0 saturated heterocycles. The van der Waals surface area contributed by atoms with E-state index in [1.165, 1.54) is 5.56 Å². The second-order valence-corrected chi connectivity index (χ2v) is 7.23. The van der Waals surface area contributed by atoms with Gasteiger partial charge in [0.2, 0.25) is 5.91 Å². The minimum Gasteiger partial charge on any atom is -0.447 e. The third-order valence-corrected chi connectivity index (χ3v) is 3.71. The van der Waals surface area contributed by atoms with Crippen LogP contribution in [0.3, 0.4) is 0 Å². The van der Waals surface area contributed by atoms with Crippen LogP contribution in [0.15, 0.2) is 24.3 Å². The summed E-state index contributed by atoms with van der Waals surface area (Å²) >= 11 is 0. The largest absolute Gasteiger partial charge is 0.447 e. The molecule has 1 aromatic rings. The molecular weight excluding hydrogens is 332 g/mol. The molecule has 0 saturated carbocycles. The summed E-state index contributed by atoms with van der Waals surface area (Å²) in [5.74, 6) is -0.303. The first-order chi connectivity index (χ1) is 12.2. The Bertz CT molecular complexity index is 570. The Hall–Kier alpha value is -2.08. The predicted molar refractivity (Wildman–Crippen MR) is 102 cm³/mol. The van der Waals surface area contributed by atoms with Crippen molar-refractivity contribution in [2.45, 2.75) is 66.3 Å². The van der Waals surface area contributed by atoms with Crippen LogP contribution in [0.4, 0.5) is 4.79 Å². The van der Waals surface area contributed by atoms with Gasteiger partial charge in [0.15, 0.2) is 0 Å². The molecule has 6 nitrogen and oxygen atoms in total. The van der Waals surface area contributed by atoms with E-state index in [9.17, 15) is 9.59 Å². The normalized spacial score (nSPS) is 13.4. The van der Waals surface area contributed by atoms with E-state index in [1.807, 2.05) is 52.0 Å². The Balaban J connectivity index is 2.43. The van der Waals surface area contributed by atoms with E-state index in [1.54, 1.807) is 13.8 Å². The second kappa shape index (κ2) is 10.8. The van der Waals surface area contributed by atoms with Gasteiger partial charge in [0, 0.05) is 6.04 Å². The zero-order valence-corrected chi connectivity index (χ0v) is 16.7. The lowest BCUT2D eigenvalue weighted by Crippen LogP contribution is -2.52. The van der Waals surface area contributed by atoms with Crippen molar-refractivity contribution in [3.05, 3.63) is 35.4 Å². The molecule has 0 spiro atoms. The van der Waals surface area contributed by atoms with Gasteiger partial charge < -0.3 is 20.1 Å². The van der Waals surface area contributed by atoms with Gasteiger partial charge in [0.05, 0.1) is 19.3 Å². The van der Waals surface area contributed by atoms with Crippen molar-refractivity contribution in [3.8, 4) is 0 Å². The molecule has 0 heterocycles. The van der Waals surface area contributed by atoms with E-state index in [2.05, 4.69) is 10.6 Å². The van der Waals surface area contributed by atoms with Crippen molar-refractivity contribution in [2.75, 3.05) is 6.61 Å². The maximum absolute atomic E-state index is 12.5. The van der Waals surface area contributed by atoms with Crippen LogP contribution >= 0.6 is 0 Å². The molecular formula is C20H32N2O4. The molecule has 2 atom stereocenters. The molecule has 0 aromatic heterocycles. The number of aryl methyl sites for hydroxylation is 1. The summed E-state index contributed by atoms with van der Waals surface area (Å²) < 4.78 is 10.7. The quantitative estimate of drug-likeness (QED) is 0.706. The van der Waals surface area contributed by atoms with Crippen molar-refractivity contribution >= 4 is 12.0 Å². The number of alkyl carbamates (subject to hydrolysis) is 1. The van der Waals surface area contributed by atoms with Gasteiger partial charge in [-0.15, -0.1) is 0 Å². The van der Waals surface area contributed by atoms with E-state index < -0.39 is 12.1 Å². The summed E-state index contributed by atoms with van der Waals surface area (Å²) in [5, 5.41) is 5.51. The molecule has 26 heavy (non-hydrogen) atoms. The Morgan fingerprint density at radius 2 is 1.62 bits per heavy atom. The lowest BCUT2D eigenvalue weighted by Gasteiger charge is -2.24. The molecule has 2 amide bonds. The maximum atomic E-state index is 12.5. The van der Waals surface area contributed by atoms with Crippen LogP contribution in [0.2, 0.25) is 0 Å². The fourth-order valence-electron chi connectivity index (χ4n) is 2.32. The minimum atomic E-state index is -0.652. The molecule has 0 bridgehead atoms. The standard InChI is InChI=1S/C20H32N2O4/c1-13(2)18(22-20(24)26-14(3)4)19(23)21-16(6)11-25-12-17-9-7-15(5)8-10-17/h7-10,13-14,16,18H,11-12H2,1-6H3,(H,21,23)(H,22,24). The van der Waals surface area contributed by atoms with Crippen molar-refractivity contribution in [3.63, 3.8) is 0 Å². The number of benzene rings is 1. The third kappa shape index (κ3) is 8.34. The fraction of sp³-hybridized carbons (Fsp3) is 0.600. The average molecular weight is 364 g/mol. The Labute approximate surface area is 156 Å². The van der Waals surface area contributed by atoms with Crippen LogP contribution in [0.5, 0.6) is 0 Å². The number of ether oxygens (including phenoxy) is 2. The molecule has 0 radical (unpaired) electrons. The Morgan fingerprint density at radius 3 is 2.15 bits per heavy atom. The van der Waals surface area contributed by atoms with Gasteiger partial charge in [-0.05, 0) is 39.2 Å². The molecule has 0 aliphatic carbocycles. The molecule has 6 heteroatoms. The number of hydrogen-bond donors (Lipinski definition) is 2. The SMILES string of the molecule is Cc1ccc(COCC(C)NC(=O)C(NC(=O)OC(C)C)C(C)C)cc1. The van der Waals surface area contributed by atoms with Gasteiger partial charge in [-0.3, -0.25) is 4.79 Å². The van der Waals surface area contributed by atoms with Crippen molar-refractivity contribution in [1.29, 1.82) is 0 Å². The summed E-state index contributed by atoms with van der Waals surface area (Å²) in [6.45, 7) is 12.1. The first-order valence-corrected chi connectivity index (χ1v) is 9.09. The minimum absolute atomic E-state index is 0.0598. The van der Waals surface area contributed by atoms with E-state index >= 15 is 0 Å². The monoisotopic (exact) mass is 364 g/mol. The van der Waals surface area contributed by atoms with Gasteiger partial charge in [-0.25, -0.2) is 4.79 Å². The third-order valence-electron chi connectivity index (χ3n) is 3.71. The van der Waals surface area contributed by atoms with E-state index in [-0.39, 0.29) is 24.0 Å². The highest BCUT2D eigenvalue weighted by Gasteiger charge is 2.26. The van der Waals surface area contributed by atoms with Gasteiger partial charge in [-0.1, -0.05) is 43.7 Å². The Morgan fingerprint density at radius 1 is 1.00 bits per heavy atom. The number of carbonyl (C=O) groups is 2. The highest BCUT2D eigenvalue weighted by Crippen LogP contribution is 2.06. The summed E-state index contributed by atoms with van der Waals surface area (Å²) in [4.78, 5) is 24.2. The maximum Gasteiger partial charge on any atom is 0.408 e. The lowest BCUT2D eigenvalue weighted by atomic mass is 10.0. The smallest absolute Gasteiger partial charge is 0.408 e. The molecule has 0 aliphatic heterocycles. The highest BCUT2D eigenvalue weighted by atomic mass is 16.6. The number of amides is 2. The van der Waals surface area contributed by atoms with Crippen LogP contribution < -0.4 is 10.6 Å². The number of carbonyl (C=O) groups excluding carboxylic acids is 2. The van der Waals surface area contributed by atoms with Crippen LogP contribution in [-0.2, 0) is 20.9 Å². The fourth-order valence-corrected chi connectivity index (χ4v) is 2.32. The van der Waals surface area contributed by atoms with Gasteiger partial charge in [-0.2, -0.15) is 0 Å². The summed E-state index contributed by atoms with van der Waals surface area (Å²) in [7, 11) is 0. The summed E-state index contributed by atoms with van der Waals surface area (Å²) in [5.41, 5.74) is 2.30.